The molecule has 1 saturated heterocycles. The van der Waals surface area contributed by atoms with Gasteiger partial charge >= 0.3 is 0 Å². The molecule has 2 rings (SSSR count). The van der Waals surface area contributed by atoms with Crippen LogP contribution in [0.25, 0.3) is 0 Å². The van der Waals surface area contributed by atoms with Gasteiger partial charge in [-0.25, -0.2) is 0 Å². The number of hydrogen-bond donors (Lipinski definition) is 2. The molecule has 1 fully saturated rings. The first-order chi connectivity index (χ1) is 5.21. The molecule has 0 bridgehead atoms. The fraction of sp³-hybridized carbons (Fsp3) is 0.667. The summed E-state index contributed by atoms with van der Waals surface area (Å²) in [7, 11) is 0. The number of rotatable bonds is 1. The van der Waals surface area contributed by atoms with Gasteiger partial charge in [0.1, 0.15) is 0 Å². The summed E-state index contributed by atoms with van der Waals surface area (Å²) in [4.78, 5) is 3.94. The minimum Gasteiger partial charge on any atom is -0.377 e. The largest absolute Gasteiger partial charge is 0.377 e. The van der Waals surface area contributed by atoms with Crippen molar-refractivity contribution in [1.82, 2.24) is 15.5 Å². The quantitative estimate of drug-likeness (QED) is 0.553. The SMILES string of the molecule is Cc1noc(C2(O)CNC2)n1. The van der Waals surface area contributed by atoms with E-state index in [1.807, 2.05) is 0 Å². The Hall–Kier alpha value is -0.940. The minimum atomic E-state index is -0.915. The molecule has 1 aromatic rings. The maximum absolute atomic E-state index is 9.64. The van der Waals surface area contributed by atoms with Gasteiger partial charge in [0.25, 0.3) is 5.89 Å². The maximum atomic E-state index is 9.64. The Kier molecular flexibility index (Phi) is 1.24. The first-order valence-electron chi connectivity index (χ1n) is 3.45. The van der Waals surface area contributed by atoms with Crippen LogP contribution in [-0.4, -0.2) is 28.3 Å². The summed E-state index contributed by atoms with van der Waals surface area (Å²) in [5, 5.41) is 16.2. The van der Waals surface area contributed by atoms with Crippen molar-refractivity contribution < 1.29 is 9.63 Å². The summed E-state index contributed by atoms with van der Waals surface area (Å²) in [6.45, 7) is 2.71. The number of hydrogen-bond acceptors (Lipinski definition) is 5. The predicted molar refractivity (Wildman–Crippen MR) is 35.8 cm³/mol. The number of nitrogens with one attached hydrogen (secondary N) is 1. The van der Waals surface area contributed by atoms with Crippen molar-refractivity contribution in [3.8, 4) is 0 Å². The second-order valence-corrected chi connectivity index (χ2v) is 2.78. The average molecular weight is 155 g/mol. The van der Waals surface area contributed by atoms with E-state index in [2.05, 4.69) is 15.5 Å². The third-order valence-electron chi connectivity index (χ3n) is 1.76. The van der Waals surface area contributed by atoms with E-state index >= 15 is 0 Å². The summed E-state index contributed by atoms with van der Waals surface area (Å²) in [6.07, 6.45) is 0. The average Bonchev–Trinajstić information content (AvgIpc) is 2.31. The van der Waals surface area contributed by atoms with Crippen LogP contribution >= 0.6 is 0 Å². The number of β-amino-alcohol motifs (C(OH)–C–C–N with tert-alkyl or cyclic N) is 1. The molecule has 1 aliphatic heterocycles. The van der Waals surface area contributed by atoms with Crippen molar-refractivity contribution in [3.63, 3.8) is 0 Å². The van der Waals surface area contributed by atoms with E-state index in [0.717, 1.165) is 0 Å². The first-order valence-corrected chi connectivity index (χ1v) is 3.45. The van der Waals surface area contributed by atoms with Crippen LogP contribution in [0.2, 0.25) is 0 Å². The van der Waals surface area contributed by atoms with Crippen LogP contribution in [0.15, 0.2) is 4.52 Å². The Labute approximate surface area is 63.4 Å². The van der Waals surface area contributed by atoms with Gasteiger partial charge in [-0.2, -0.15) is 4.98 Å². The number of aromatic nitrogens is 2. The van der Waals surface area contributed by atoms with Gasteiger partial charge in [-0.15, -0.1) is 0 Å². The second kappa shape index (κ2) is 2.02. The van der Waals surface area contributed by atoms with Crippen molar-refractivity contribution >= 4 is 0 Å². The standard InChI is InChI=1S/C6H9N3O2/c1-4-8-5(11-9-4)6(10)2-7-3-6/h7,10H,2-3H2,1H3. The van der Waals surface area contributed by atoms with Crippen LogP contribution in [0, 0.1) is 6.92 Å². The second-order valence-electron chi connectivity index (χ2n) is 2.78. The molecule has 0 aliphatic carbocycles. The highest BCUT2D eigenvalue weighted by Crippen LogP contribution is 2.22. The van der Waals surface area contributed by atoms with Crippen molar-refractivity contribution in [3.05, 3.63) is 11.7 Å². The highest BCUT2D eigenvalue weighted by atomic mass is 16.5. The Balaban J connectivity index is 2.28. The first kappa shape index (κ1) is 6.75. The summed E-state index contributed by atoms with van der Waals surface area (Å²) in [6, 6.07) is 0. The molecular weight excluding hydrogens is 146 g/mol. The number of aryl methyl sites for hydroxylation is 1. The molecule has 0 saturated carbocycles. The van der Waals surface area contributed by atoms with E-state index in [1.54, 1.807) is 6.92 Å². The van der Waals surface area contributed by atoms with Gasteiger partial charge in [-0.05, 0) is 6.92 Å². The Morgan fingerprint density at radius 2 is 2.36 bits per heavy atom. The van der Waals surface area contributed by atoms with Gasteiger partial charge < -0.3 is 14.9 Å². The van der Waals surface area contributed by atoms with Crippen LogP contribution in [-0.2, 0) is 5.60 Å². The van der Waals surface area contributed by atoms with Crippen LogP contribution in [0.3, 0.4) is 0 Å². The summed E-state index contributed by atoms with van der Waals surface area (Å²) < 4.78 is 4.82. The van der Waals surface area contributed by atoms with E-state index in [0.29, 0.717) is 24.8 Å². The summed E-state index contributed by atoms with van der Waals surface area (Å²) >= 11 is 0. The van der Waals surface area contributed by atoms with Crippen molar-refractivity contribution in [2.45, 2.75) is 12.5 Å². The maximum Gasteiger partial charge on any atom is 0.261 e. The molecule has 1 aromatic heterocycles. The Morgan fingerprint density at radius 3 is 2.73 bits per heavy atom. The zero-order chi connectivity index (χ0) is 7.90. The molecule has 2 N–H and O–H groups in total. The lowest BCUT2D eigenvalue weighted by atomic mass is 9.97. The van der Waals surface area contributed by atoms with Crippen LogP contribution in [0.1, 0.15) is 11.7 Å². The van der Waals surface area contributed by atoms with E-state index in [9.17, 15) is 5.11 Å². The van der Waals surface area contributed by atoms with Crippen LogP contribution < -0.4 is 5.32 Å². The lowest BCUT2D eigenvalue weighted by molar-refractivity contribution is -0.0417. The molecule has 0 amide bonds. The Bertz CT molecular complexity index is 267. The normalized spacial score (nSPS) is 21.3. The molecule has 2 heterocycles. The van der Waals surface area contributed by atoms with Gasteiger partial charge in [-0.1, -0.05) is 5.16 Å². The van der Waals surface area contributed by atoms with E-state index in [-0.39, 0.29) is 0 Å². The molecule has 60 valence electrons. The molecule has 0 atom stereocenters. The topological polar surface area (TPSA) is 71.2 Å². The predicted octanol–water partition coefficient (Wildman–Crippen LogP) is -0.831. The molecule has 0 aromatic carbocycles. The highest BCUT2D eigenvalue weighted by molar-refractivity contribution is 5.06. The molecule has 0 spiro atoms. The molecule has 0 unspecified atom stereocenters. The van der Waals surface area contributed by atoms with Crippen molar-refractivity contribution in [1.29, 1.82) is 0 Å². The highest BCUT2D eigenvalue weighted by Gasteiger charge is 2.41. The van der Waals surface area contributed by atoms with Gasteiger partial charge in [0.15, 0.2) is 11.4 Å². The summed E-state index contributed by atoms with van der Waals surface area (Å²) in [5.74, 6) is 0.870. The lowest BCUT2D eigenvalue weighted by Gasteiger charge is -2.33. The molecule has 0 radical (unpaired) electrons. The van der Waals surface area contributed by atoms with Crippen LogP contribution in [0.5, 0.6) is 0 Å². The Morgan fingerprint density at radius 1 is 1.64 bits per heavy atom. The number of aliphatic hydroxyl groups is 1. The fourth-order valence-electron chi connectivity index (χ4n) is 0.999. The molecule has 1 aliphatic rings. The van der Waals surface area contributed by atoms with Crippen molar-refractivity contribution in [2.75, 3.05) is 13.1 Å². The summed E-state index contributed by atoms with van der Waals surface area (Å²) in [5.41, 5.74) is -0.915. The zero-order valence-corrected chi connectivity index (χ0v) is 6.16. The zero-order valence-electron chi connectivity index (χ0n) is 6.16. The van der Waals surface area contributed by atoms with Gasteiger partial charge in [0.05, 0.1) is 0 Å². The van der Waals surface area contributed by atoms with Gasteiger partial charge in [0, 0.05) is 13.1 Å². The van der Waals surface area contributed by atoms with E-state index < -0.39 is 5.60 Å². The van der Waals surface area contributed by atoms with Gasteiger partial charge in [-0.3, -0.25) is 0 Å². The third kappa shape index (κ3) is 0.928. The minimum absolute atomic E-state index is 0.314. The molecule has 5 nitrogen and oxygen atoms in total. The van der Waals surface area contributed by atoms with E-state index in [4.69, 9.17) is 4.52 Å². The fourth-order valence-corrected chi connectivity index (χ4v) is 0.999. The molecular formula is C6H9N3O2. The van der Waals surface area contributed by atoms with E-state index in [1.165, 1.54) is 0 Å². The smallest absolute Gasteiger partial charge is 0.261 e. The van der Waals surface area contributed by atoms with Gasteiger partial charge in [0.2, 0.25) is 0 Å². The number of nitrogens with zero attached hydrogens (tertiary/aromatic N) is 2. The third-order valence-corrected chi connectivity index (χ3v) is 1.76. The van der Waals surface area contributed by atoms with Crippen LogP contribution in [0.4, 0.5) is 0 Å². The lowest BCUT2D eigenvalue weighted by Crippen LogP contribution is -2.56. The van der Waals surface area contributed by atoms with Crippen molar-refractivity contribution in [2.24, 2.45) is 0 Å². The molecule has 11 heavy (non-hydrogen) atoms. The monoisotopic (exact) mass is 155 g/mol. The molecule has 5 heteroatoms.